The summed E-state index contributed by atoms with van der Waals surface area (Å²) in [4.78, 5) is 0. The minimum Gasteiger partial charge on any atom is -0.496 e. The summed E-state index contributed by atoms with van der Waals surface area (Å²) in [6.07, 6.45) is 0. The molecule has 0 aliphatic rings. The maximum atomic E-state index is 5.61. The molecule has 0 spiro atoms. The monoisotopic (exact) mass is 291 g/mol. The average Bonchev–Trinajstić information content (AvgIpc) is 2.54. The lowest BCUT2D eigenvalue weighted by molar-refractivity contribution is 0.419. The van der Waals surface area contributed by atoms with Crippen LogP contribution in [-0.2, 0) is 0 Å². The molecule has 0 aliphatic carbocycles. The molecular weight excluding hydrogens is 274 g/mol. The third-order valence-electron chi connectivity index (χ3n) is 3.56. The zero-order chi connectivity index (χ0) is 13.9. The van der Waals surface area contributed by atoms with Gasteiger partial charge in [-0.1, -0.05) is 60.7 Å². The molecule has 3 radical (unpaired) electrons. The Morgan fingerprint density at radius 1 is 0.810 bits per heavy atom. The molecule has 3 heteroatoms. The molecule has 0 aromatic heterocycles. The van der Waals surface area contributed by atoms with E-state index >= 15 is 0 Å². The second kappa shape index (κ2) is 6.78. The molecule has 0 amide bonds. The molecular formula is C18H17BOP. The predicted molar refractivity (Wildman–Crippen MR) is 94.8 cm³/mol. The van der Waals surface area contributed by atoms with Crippen molar-refractivity contribution in [2.45, 2.75) is 0 Å². The van der Waals surface area contributed by atoms with Crippen LogP contribution in [0.5, 0.6) is 5.75 Å². The second-order valence-corrected chi connectivity index (χ2v) is 6.81. The van der Waals surface area contributed by atoms with Gasteiger partial charge < -0.3 is 4.74 Å². The quantitative estimate of drug-likeness (QED) is 0.530. The SMILES string of the molecule is COc1ccc2ccccc2c1P(C)c1ccccc1.[B]. The fourth-order valence-electron chi connectivity index (χ4n) is 2.53. The maximum Gasteiger partial charge on any atom is 0.127 e. The Kier molecular flexibility index (Phi) is 5.04. The van der Waals surface area contributed by atoms with E-state index in [9.17, 15) is 0 Å². The lowest BCUT2D eigenvalue weighted by Gasteiger charge is -2.19. The summed E-state index contributed by atoms with van der Waals surface area (Å²) in [6, 6.07) is 23.4. The van der Waals surface area contributed by atoms with Crippen LogP contribution in [0.4, 0.5) is 0 Å². The number of hydrogen-bond donors (Lipinski definition) is 0. The molecule has 103 valence electrons. The molecule has 3 aromatic carbocycles. The molecule has 0 heterocycles. The van der Waals surface area contributed by atoms with E-state index in [2.05, 4.69) is 73.4 Å². The van der Waals surface area contributed by atoms with Crippen LogP contribution in [0.3, 0.4) is 0 Å². The van der Waals surface area contributed by atoms with Crippen LogP contribution in [0, 0.1) is 0 Å². The maximum absolute atomic E-state index is 5.61. The van der Waals surface area contributed by atoms with Gasteiger partial charge in [-0.05, 0) is 36.7 Å². The van der Waals surface area contributed by atoms with Crippen molar-refractivity contribution in [2.24, 2.45) is 0 Å². The van der Waals surface area contributed by atoms with E-state index in [1.165, 1.54) is 21.4 Å². The van der Waals surface area contributed by atoms with Crippen molar-refractivity contribution < 1.29 is 4.74 Å². The summed E-state index contributed by atoms with van der Waals surface area (Å²) in [5.41, 5.74) is 0. The first-order valence-electron chi connectivity index (χ1n) is 6.66. The van der Waals surface area contributed by atoms with Crippen molar-refractivity contribution in [1.82, 2.24) is 0 Å². The zero-order valence-corrected chi connectivity index (χ0v) is 13.2. The van der Waals surface area contributed by atoms with Crippen molar-refractivity contribution in [3.05, 3.63) is 66.7 Å². The summed E-state index contributed by atoms with van der Waals surface area (Å²) in [5.74, 6) is 0.987. The number of fused-ring (bicyclic) bond motifs is 1. The average molecular weight is 291 g/mol. The van der Waals surface area contributed by atoms with E-state index in [4.69, 9.17) is 4.74 Å². The highest BCUT2D eigenvalue weighted by atomic mass is 31.1. The van der Waals surface area contributed by atoms with Gasteiger partial charge in [0, 0.05) is 13.7 Å². The highest BCUT2D eigenvalue weighted by Gasteiger charge is 2.16. The van der Waals surface area contributed by atoms with Gasteiger partial charge in [-0.3, -0.25) is 0 Å². The van der Waals surface area contributed by atoms with E-state index in [1.54, 1.807) is 7.11 Å². The van der Waals surface area contributed by atoms with E-state index < -0.39 is 7.92 Å². The molecule has 0 saturated carbocycles. The van der Waals surface area contributed by atoms with Gasteiger partial charge in [-0.15, -0.1) is 0 Å². The smallest absolute Gasteiger partial charge is 0.127 e. The van der Waals surface area contributed by atoms with Gasteiger partial charge in [0.05, 0.1) is 7.11 Å². The Morgan fingerprint density at radius 2 is 1.48 bits per heavy atom. The van der Waals surface area contributed by atoms with Gasteiger partial charge in [0.15, 0.2) is 0 Å². The fraction of sp³-hybridized carbons (Fsp3) is 0.111. The number of benzene rings is 3. The van der Waals surface area contributed by atoms with Gasteiger partial charge in [-0.25, -0.2) is 0 Å². The van der Waals surface area contributed by atoms with Crippen LogP contribution < -0.4 is 15.3 Å². The van der Waals surface area contributed by atoms with E-state index in [0.29, 0.717) is 0 Å². The van der Waals surface area contributed by atoms with Gasteiger partial charge in [0.1, 0.15) is 5.75 Å². The number of hydrogen-bond acceptors (Lipinski definition) is 1. The summed E-state index contributed by atoms with van der Waals surface area (Å²) < 4.78 is 5.61. The third-order valence-corrected chi connectivity index (χ3v) is 5.77. The largest absolute Gasteiger partial charge is 0.496 e. The molecule has 0 N–H and O–H groups in total. The second-order valence-electron chi connectivity index (χ2n) is 4.73. The molecule has 0 bridgehead atoms. The van der Waals surface area contributed by atoms with Crippen LogP contribution >= 0.6 is 7.92 Å². The van der Waals surface area contributed by atoms with Gasteiger partial charge >= 0.3 is 0 Å². The van der Waals surface area contributed by atoms with E-state index in [0.717, 1.165) is 5.75 Å². The fourth-order valence-corrected chi connectivity index (χ4v) is 4.47. The van der Waals surface area contributed by atoms with Crippen molar-refractivity contribution in [3.8, 4) is 5.75 Å². The first kappa shape index (κ1) is 15.6. The number of ether oxygens (including phenoxy) is 1. The highest BCUT2D eigenvalue weighted by molar-refractivity contribution is 7.73. The molecule has 3 aromatic rings. The van der Waals surface area contributed by atoms with Crippen molar-refractivity contribution in [1.29, 1.82) is 0 Å². The molecule has 0 fully saturated rings. The van der Waals surface area contributed by atoms with E-state index in [1.807, 2.05) is 0 Å². The van der Waals surface area contributed by atoms with Crippen LogP contribution in [0.1, 0.15) is 0 Å². The van der Waals surface area contributed by atoms with E-state index in [-0.39, 0.29) is 8.41 Å². The van der Waals surface area contributed by atoms with Gasteiger partial charge in [0.25, 0.3) is 0 Å². The third kappa shape index (κ3) is 2.96. The van der Waals surface area contributed by atoms with Crippen molar-refractivity contribution >= 4 is 37.7 Å². The zero-order valence-electron chi connectivity index (χ0n) is 12.3. The summed E-state index contributed by atoms with van der Waals surface area (Å²) in [7, 11) is 1.33. The Balaban J connectivity index is 0.00000161. The number of methoxy groups -OCH3 is 1. The van der Waals surface area contributed by atoms with Crippen LogP contribution in [0.2, 0.25) is 0 Å². The van der Waals surface area contributed by atoms with Crippen LogP contribution in [-0.4, -0.2) is 22.2 Å². The van der Waals surface area contributed by atoms with Gasteiger partial charge in [0.2, 0.25) is 0 Å². The Morgan fingerprint density at radius 3 is 2.19 bits per heavy atom. The molecule has 1 nitrogen and oxygen atoms in total. The normalized spacial score (nSPS) is 11.7. The Labute approximate surface area is 129 Å². The topological polar surface area (TPSA) is 9.23 Å². The molecule has 0 aliphatic heterocycles. The molecule has 1 unspecified atom stereocenters. The molecule has 3 rings (SSSR count). The minimum atomic E-state index is -0.422. The summed E-state index contributed by atoms with van der Waals surface area (Å²) >= 11 is 0. The standard InChI is InChI=1S/C18H17OP.B/c1-19-17-13-12-14-8-6-7-11-16(14)18(17)20(2)15-9-4-3-5-10-15;/h3-13H,1-2H3;. The Bertz CT molecular complexity index is 728. The number of rotatable bonds is 3. The molecule has 1 atom stereocenters. The van der Waals surface area contributed by atoms with Crippen LogP contribution in [0.25, 0.3) is 10.8 Å². The minimum absolute atomic E-state index is 0. The first-order valence-corrected chi connectivity index (χ1v) is 8.44. The highest BCUT2D eigenvalue weighted by Crippen LogP contribution is 2.36. The van der Waals surface area contributed by atoms with Gasteiger partial charge in [-0.2, -0.15) is 0 Å². The lowest BCUT2D eigenvalue weighted by Crippen LogP contribution is -2.14. The van der Waals surface area contributed by atoms with Crippen LogP contribution in [0.15, 0.2) is 66.7 Å². The van der Waals surface area contributed by atoms with Crippen molar-refractivity contribution in [2.75, 3.05) is 13.8 Å². The summed E-state index contributed by atoms with van der Waals surface area (Å²) in [5, 5.41) is 5.27. The predicted octanol–water partition coefficient (Wildman–Crippen LogP) is 3.53. The lowest BCUT2D eigenvalue weighted by atomic mass is 10.1. The molecule has 21 heavy (non-hydrogen) atoms. The summed E-state index contributed by atoms with van der Waals surface area (Å²) in [6.45, 7) is 2.30. The Hall–Kier alpha value is -1.79. The van der Waals surface area contributed by atoms with Crippen molar-refractivity contribution in [3.63, 3.8) is 0 Å². The molecule has 0 saturated heterocycles. The first-order chi connectivity index (χ1) is 9.81.